The SMILES string of the molecule is CC(CC(=O)O)NC(=O)NCCCCN(C)C. The molecule has 0 rings (SSSR count). The van der Waals surface area contributed by atoms with Gasteiger partial charge in [-0.15, -0.1) is 0 Å². The van der Waals surface area contributed by atoms with E-state index in [2.05, 4.69) is 15.5 Å². The Kier molecular flexibility index (Phi) is 8.13. The highest BCUT2D eigenvalue weighted by molar-refractivity contribution is 5.75. The minimum atomic E-state index is -0.913. The van der Waals surface area contributed by atoms with E-state index >= 15 is 0 Å². The van der Waals surface area contributed by atoms with Crippen LogP contribution in [-0.4, -0.2) is 55.2 Å². The Bertz CT molecular complexity index is 244. The van der Waals surface area contributed by atoms with Gasteiger partial charge in [0.25, 0.3) is 0 Å². The lowest BCUT2D eigenvalue weighted by atomic mass is 10.2. The summed E-state index contributed by atoms with van der Waals surface area (Å²) in [5, 5.41) is 13.8. The van der Waals surface area contributed by atoms with Gasteiger partial charge in [-0.05, 0) is 40.4 Å². The predicted octanol–water partition coefficient (Wildman–Crippen LogP) is 0.491. The molecule has 0 aliphatic heterocycles. The number of nitrogens with zero attached hydrogens (tertiary/aromatic N) is 1. The molecule has 0 aliphatic rings. The van der Waals surface area contributed by atoms with E-state index in [1.807, 2.05) is 14.1 Å². The van der Waals surface area contributed by atoms with Gasteiger partial charge in [-0.2, -0.15) is 0 Å². The van der Waals surface area contributed by atoms with Crippen LogP contribution >= 0.6 is 0 Å². The fourth-order valence-electron chi connectivity index (χ4n) is 1.34. The number of carboxylic acid groups (broad SMARTS) is 1. The van der Waals surface area contributed by atoms with Gasteiger partial charge in [0.1, 0.15) is 0 Å². The molecule has 1 atom stereocenters. The summed E-state index contributed by atoms with van der Waals surface area (Å²) in [5.74, 6) is -0.913. The molecule has 0 aliphatic carbocycles. The third-order valence-electron chi connectivity index (χ3n) is 2.18. The Morgan fingerprint density at radius 2 is 1.94 bits per heavy atom. The summed E-state index contributed by atoms with van der Waals surface area (Å²) in [4.78, 5) is 23.8. The number of hydrogen-bond acceptors (Lipinski definition) is 3. The van der Waals surface area contributed by atoms with Gasteiger partial charge in [0, 0.05) is 12.6 Å². The second-order valence-corrected chi connectivity index (χ2v) is 4.41. The number of nitrogens with one attached hydrogen (secondary N) is 2. The summed E-state index contributed by atoms with van der Waals surface area (Å²) in [7, 11) is 4.02. The molecule has 0 fully saturated rings. The molecule has 0 aromatic rings. The highest BCUT2D eigenvalue weighted by atomic mass is 16.4. The van der Waals surface area contributed by atoms with Crippen LogP contribution in [0.15, 0.2) is 0 Å². The van der Waals surface area contributed by atoms with E-state index < -0.39 is 5.97 Å². The van der Waals surface area contributed by atoms with Crippen LogP contribution in [0.3, 0.4) is 0 Å². The second kappa shape index (κ2) is 8.81. The lowest BCUT2D eigenvalue weighted by Crippen LogP contribution is -2.42. The van der Waals surface area contributed by atoms with Crippen LogP contribution in [0.2, 0.25) is 0 Å². The lowest BCUT2D eigenvalue weighted by Gasteiger charge is -2.13. The number of amides is 2. The van der Waals surface area contributed by atoms with Crippen LogP contribution in [0.25, 0.3) is 0 Å². The minimum Gasteiger partial charge on any atom is -0.481 e. The van der Waals surface area contributed by atoms with E-state index in [9.17, 15) is 9.59 Å². The molecule has 0 radical (unpaired) electrons. The molecular formula is C11H23N3O3. The smallest absolute Gasteiger partial charge is 0.315 e. The zero-order valence-electron chi connectivity index (χ0n) is 10.8. The molecule has 0 spiro atoms. The van der Waals surface area contributed by atoms with E-state index in [1.165, 1.54) is 0 Å². The maximum absolute atomic E-state index is 11.3. The first-order chi connectivity index (χ1) is 7.91. The lowest BCUT2D eigenvalue weighted by molar-refractivity contribution is -0.137. The zero-order valence-corrected chi connectivity index (χ0v) is 10.8. The number of rotatable bonds is 8. The average Bonchev–Trinajstić information content (AvgIpc) is 2.14. The van der Waals surface area contributed by atoms with E-state index in [4.69, 9.17) is 5.11 Å². The van der Waals surface area contributed by atoms with Crippen LogP contribution in [0.5, 0.6) is 0 Å². The summed E-state index contributed by atoms with van der Waals surface area (Å²) in [6.45, 7) is 3.28. The van der Waals surface area contributed by atoms with Gasteiger partial charge in [-0.3, -0.25) is 4.79 Å². The quantitative estimate of drug-likeness (QED) is 0.544. The Balaban J connectivity index is 3.49. The molecule has 0 aromatic carbocycles. The predicted molar refractivity (Wildman–Crippen MR) is 66.0 cm³/mol. The monoisotopic (exact) mass is 245 g/mol. The Labute approximate surface area is 102 Å². The van der Waals surface area contributed by atoms with Crippen LogP contribution in [0.4, 0.5) is 4.79 Å². The average molecular weight is 245 g/mol. The van der Waals surface area contributed by atoms with E-state index in [0.29, 0.717) is 6.54 Å². The maximum atomic E-state index is 11.3. The molecule has 0 heterocycles. The molecule has 0 aromatic heterocycles. The van der Waals surface area contributed by atoms with Crippen molar-refractivity contribution in [3.63, 3.8) is 0 Å². The van der Waals surface area contributed by atoms with E-state index in [0.717, 1.165) is 19.4 Å². The Hall–Kier alpha value is -1.30. The first-order valence-electron chi connectivity index (χ1n) is 5.82. The Morgan fingerprint density at radius 3 is 2.47 bits per heavy atom. The molecule has 3 N–H and O–H groups in total. The topological polar surface area (TPSA) is 81.7 Å². The molecule has 0 bridgehead atoms. The molecule has 17 heavy (non-hydrogen) atoms. The largest absolute Gasteiger partial charge is 0.481 e. The van der Waals surface area contributed by atoms with Crippen molar-refractivity contribution >= 4 is 12.0 Å². The van der Waals surface area contributed by atoms with Crippen LogP contribution < -0.4 is 10.6 Å². The van der Waals surface area contributed by atoms with Crippen LogP contribution in [-0.2, 0) is 4.79 Å². The molecule has 100 valence electrons. The zero-order chi connectivity index (χ0) is 13.3. The van der Waals surface area contributed by atoms with Crippen molar-refractivity contribution in [2.75, 3.05) is 27.2 Å². The number of unbranched alkanes of at least 4 members (excludes halogenated alkanes) is 1. The van der Waals surface area contributed by atoms with Crippen molar-refractivity contribution in [1.29, 1.82) is 0 Å². The fraction of sp³-hybridized carbons (Fsp3) is 0.818. The van der Waals surface area contributed by atoms with Crippen LogP contribution in [0.1, 0.15) is 26.2 Å². The van der Waals surface area contributed by atoms with Gasteiger partial charge in [0.15, 0.2) is 0 Å². The number of carboxylic acids is 1. The minimum absolute atomic E-state index is 0.0615. The summed E-state index contributed by atoms with van der Waals surface area (Å²) < 4.78 is 0. The van der Waals surface area contributed by atoms with E-state index in [-0.39, 0.29) is 18.5 Å². The van der Waals surface area contributed by atoms with Gasteiger partial charge >= 0.3 is 12.0 Å². The number of urea groups is 1. The van der Waals surface area contributed by atoms with Crippen molar-refractivity contribution < 1.29 is 14.7 Å². The van der Waals surface area contributed by atoms with Gasteiger partial charge in [-0.1, -0.05) is 0 Å². The number of hydrogen-bond donors (Lipinski definition) is 3. The summed E-state index contributed by atoms with van der Waals surface area (Å²) in [6, 6.07) is -0.655. The fourth-order valence-corrected chi connectivity index (χ4v) is 1.34. The number of carbonyl (C=O) groups is 2. The second-order valence-electron chi connectivity index (χ2n) is 4.41. The maximum Gasteiger partial charge on any atom is 0.315 e. The molecular weight excluding hydrogens is 222 g/mol. The molecule has 1 unspecified atom stereocenters. The summed E-state index contributed by atoms with van der Waals surface area (Å²) in [5.41, 5.74) is 0. The standard InChI is InChI=1S/C11H23N3O3/c1-9(8-10(15)16)13-11(17)12-6-4-5-7-14(2)3/h9H,4-8H2,1-3H3,(H,15,16)(H2,12,13,17). The first-order valence-corrected chi connectivity index (χ1v) is 5.82. The molecule has 0 saturated heterocycles. The third-order valence-corrected chi connectivity index (χ3v) is 2.18. The van der Waals surface area contributed by atoms with Crippen molar-refractivity contribution in [1.82, 2.24) is 15.5 Å². The molecule has 2 amide bonds. The van der Waals surface area contributed by atoms with Gasteiger partial charge < -0.3 is 20.6 Å². The first kappa shape index (κ1) is 15.7. The Morgan fingerprint density at radius 1 is 1.29 bits per heavy atom. The van der Waals surface area contributed by atoms with E-state index in [1.54, 1.807) is 6.92 Å². The highest BCUT2D eigenvalue weighted by Gasteiger charge is 2.09. The molecule has 6 nitrogen and oxygen atoms in total. The van der Waals surface area contributed by atoms with Crippen molar-refractivity contribution in [2.24, 2.45) is 0 Å². The highest BCUT2D eigenvalue weighted by Crippen LogP contribution is 1.91. The van der Waals surface area contributed by atoms with Crippen molar-refractivity contribution in [3.05, 3.63) is 0 Å². The molecule has 6 heteroatoms. The number of aliphatic carboxylic acids is 1. The normalized spacial score (nSPS) is 12.2. The molecule has 0 saturated carbocycles. The van der Waals surface area contributed by atoms with Gasteiger partial charge in [0.05, 0.1) is 6.42 Å². The van der Waals surface area contributed by atoms with Crippen molar-refractivity contribution in [3.8, 4) is 0 Å². The summed E-state index contributed by atoms with van der Waals surface area (Å²) >= 11 is 0. The van der Waals surface area contributed by atoms with Crippen molar-refractivity contribution in [2.45, 2.75) is 32.2 Å². The number of carbonyl (C=O) groups excluding carboxylic acids is 1. The third kappa shape index (κ3) is 11.0. The summed E-state index contributed by atoms with van der Waals surface area (Å²) in [6.07, 6.45) is 1.88. The van der Waals surface area contributed by atoms with Gasteiger partial charge in [-0.25, -0.2) is 4.79 Å². The van der Waals surface area contributed by atoms with Gasteiger partial charge in [0.2, 0.25) is 0 Å². The van der Waals surface area contributed by atoms with Crippen LogP contribution in [0, 0.1) is 0 Å².